The van der Waals surface area contributed by atoms with Gasteiger partial charge in [0.25, 0.3) is 0 Å². The van der Waals surface area contributed by atoms with Crippen LogP contribution in [0.25, 0.3) is 0 Å². The third kappa shape index (κ3) is 8.21. The zero-order valence-corrected chi connectivity index (χ0v) is 17.6. The summed E-state index contributed by atoms with van der Waals surface area (Å²) in [5.41, 5.74) is 1.55. The van der Waals surface area contributed by atoms with Crippen molar-refractivity contribution >= 4 is 41.7 Å². The number of hydrogen-bond acceptors (Lipinski definition) is 3. The van der Waals surface area contributed by atoms with Gasteiger partial charge in [0.1, 0.15) is 5.82 Å². The molecule has 0 radical (unpaired) electrons. The maximum Gasteiger partial charge on any atom is 0.191 e. The molecule has 1 aromatic rings. The smallest absolute Gasteiger partial charge is 0.191 e. The van der Waals surface area contributed by atoms with Gasteiger partial charge >= 0.3 is 0 Å². The normalized spacial score (nSPS) is 11.8. The molecule has 0 heterocycles. The Hall–Kier alpha value is -0.540. The maximum atomic E-state index is 13.6. The second-order valence-corrected chi connectivity index (χ2v) is 7.12. The van der Waals surface area contributed by atoms with Gasteiger partial charge in [0.2, 0.25) is 0 Å². The van der Waals surface area contributed by atoms with E-state index in [2.05, 4.69) is 35.7 Å². The number of nitrogens with one attached hydrogen (secondary N) is 2. The molecular weight excluding hydrogens is 428 g/mol. The van der Waals surface area contributed by atoms with Gasteiger partial charge in [-0.1, -0.05) is 6.07 Å². The number of halogens is 2. The maximum absolute atomic E-state index is 13.6. The van der Waals surface area contributed by atoms with Gasteiger partial charge in [0.05, 0.1) is 6.61 Å². The van der Waals surface area contributed by atoms with Gasteiger partial charge in [-0.15, -0.1) is 24.0 Å². The van der Waals surface area contributed by atoms with Crippen LogP contribution in [0.5, 0.6) is 0 Å². The van der Waals surface area contributed by atoms with E-state index in [9.17, 15) is 4.39 Å². The summed E-state index contributed by atoms with van der Waals surface area (Å²) in [4.78, 5) is 4.20. The van der Waals surface area contributed by atoms with Crippen LogP contribution in [0.4, 0.5) is 4.39 Å². The van der Waals surface area contributed by atoms with Crippen molar-refractivity contribution < 1.29 is 9.13 Å². The standard InChI is InChI=1S/C16H26FN3OS.HI/c1-16(2,22-5)11-20-15(18-3)19-9-12-6-7-14(17)13(8-12)10-21-4;/h6-8H,9-11H2,1-5H3,(H2,18,19,20);1H. The van der Waals surface area contributed by atoms with Crippen LogP contribution in [-0.4, -0.2) is 37.7 Å². The molecule has 0 bridgehead atoms. The highest BCUT2D eigenvalue weighted by molar-refractivity contribution is 14.0. The number of guanidine groups is 1. The molecule has 0 unspecified atom stereocenters. The van der Waals surface area contributed by atoms with E-state index in [0.29, 0.717) is 12.1 Å². The van der Waals surface area contributed by atoms with Crippen LogP contribution in [0, 0.1) is 5.82 Å². The lowest BCUT2D eigenvalue weighted by Crippen LogP contribution is -2.43. The van der Waals surface area contributed by atoms with E-state index in [1.807, 2.05) is 6.07 Å². The number of nitrogens with zero attached hydrogens (tertiary/aromatic N) is 1. The van der Waals surface area contributed by atoms with Gasteiger partial charge in [-0.3, -0.25) is 4.99 Å². The number of methoxy groups -OCH3 is 1. The number of thioether (sulfide) groups is 1. The van der Waals surface area contributed by atoms with Gasteiger partial charge < -0.3 is 15.4 Å². The van der Waals surface area contributed by atoms with Crippen molar-refractivity contribution in [1.29, 1.82) is 0 Å². The Kier molecular flexibility index (Phi) is 10.8. The summed E-state index contributed by atoms with van der Waals surface area (Å²) in [5.74, 6) is 0.495. The molecule has 2 N–H and O–H groups in total. The fourth-order valence-electron chi connectivity index (χ4n) is 1.78. The molecule has 23 heavy (non-hydrogen) atoms. The summed E-state index contributed by atoms with van der Waals surface area (Å²) in [6, 6.07) is 5.05. The van der Waals surface area contributed by atoms with Crippen molar-refractivity contribution in [1.82, 2.24) is 10.6 Å². The Morgan fingerprint density at radius 1 is 1.35 bits per heavy atom. The zero-order valence-electron chi connectivity index (χ0n) is 14.4. The lowest BCUT2D eigenvalue weighted by molar-refractivity contribution is 0.181. The number of hydrogen-bond donors (Lipinski definition) is 2. The molecule has 0 saturated heterocycles. The first-order valence-corrected chi connectivity index (χ1v) is 8.40. The largest absolute Gasteiger partial charge is 0.380 e. The van der Waals surface area contributed by atoms with Gasteiger partial charge in [0, 0.05) is 37.6 Å². The third-order valence-corrected chi connectivity index (χ3v) is 4.58. The van der Waals surface area contributed by atoms with E-state index in [4.69, 9.17) is 4.74 Å². The molecule has 0 aliphatic carbocycles. The zero-order chi connectivity index (χ0) is 16.6. The summed E-state index contributed by atoms with van der Waals surface area (Å²) in [6.07, 6.45) is 2.09. The molecule has 1 rings (SSSR count). The molecule has 0 saturated carbocycles. The average Bonchev–Trinajstić information content (AvgIpc) is 2.50. The number of ether oxygens (including phenoxy) is 1. The fourth-order valence-corrected chi connectivity index (χ4v) is 2.00. The molecule has 1 aromatic carbocycles. The predicted molar refractivity (Wildman–Crippen MR) is 108 cm³/mol. The summed E-state index contributed by atoms with van der Waals surface area (Å²) in [5, 5.41) is 6.54. The van der Waals surface area contributed by atoms with E-state index >= 15 is 0 Å². The minimum atomic E-state index is -0.241. The lowest BCUT2D eigenvalue weighted by atomic mass is 10.1. The van der Waals surface area contributed by atoms with Crippen molar-refractivity contribution in [3.8, 4) is 0 Å². The van der Waals surface area contributed by atoms with Crippen molar-refractivity contribution in [2.24, 2.45) is 4.99 Å². The van der Waals surface area contributed by atoms with Gasteiger partial charge in [-0.25, -0.2) is 4.39 Å². The Morgan fingerprint density at radius 3 is 2.61 bits per heavy atom. The molecule has 0 spiro atoms. The van der Waals surface area contributed by atoms with Gasteiger partial charge in [-0.2, -0.15) is 11.8 Å². The summed E-state index contributed by atoms with van der Waals surface area (Å²) in [6.45, 7) is 6.01. The second kappa shape index (κ2) is 11.1. The monoisotopic (exact) mass is 455 g/mol. The van der Waals surface area contributed by atoms with Crippen LogP contribution < -0.4 is 10.6 Å². The topological polar surface area (TPSA) is 45.7 Å². The Balaban J connectivity index is 0.00000484. The minimum absolute atomic E-state index is 0. The van der Waals surface area contributed by atoms with Crippen molar-refractivity contribution in [2.75, 3.05) is 27.0 Å². The van der Waals surface area contributed by atoms with Crippen LogP contribution in [0.15, 0.2) is 23.2 Å². The molecule has 0 aromatic heterocycles. The molecular formula is C16H27FIN3OS. The first kappa shape index (κ1) is 22.5. The molecule has 7 heteroatoms. The van der Waals surface area contributed by atoms with E-state index < -0.39 is 0 Å². The van der Waals surface area contributed by atoms with Crippen LogP contribution >= 0.6 is 35.7 Å². The highest BCUT2D eigenvalue weighted by Gasteiger charge is 2.16. The number of benzene rings is 1. The highest BCUT2D eigenvalue weighted by atomic mass is 127. The van der Waals surface area contributed by atoms with Gasteiger partial charge in [-0.05, 0) is 37.8 Å². The highest BCUT2D eigenvalue weighted by Crippen LogP contribution is 2.19. The quantitative estimate of drug-likeness (QED) is 0.376. The van der Waals surface area contributed by atoms with Crippen LogP contribution in [-0.2, 0) is 17.9 Å². The van der Waals surface area contributed by atoms with Crippen molar-refractivity contribution in [2.45, 2.75) is 31.7 Å². The summed E-state index contributed by atoms with van der Waals surface area (Å²) >= 11 is 1.80. The second-order valence-electron chi connectivity index (χ2n) is 5.60. The van der Waals surface area contributed by atoms with Crippen LogP contribution in [0.2, 0.25) is 0 Å². The Morgan fingerprint density at radius 2 is 2.04 bits per heavy atom. The predicted octanol–water partition coefficient (Wildman–Crippen LogP) is 3.40. The van der Waals surface area contributed by atoms with Gasteiger partial charge in [0.15, 0.2) is 5.96 Å². The first-order chi connectivity index (χ1) is 10.4. The fraction of sp³-hybridized carbons (Fsp3) is 0.562. The lowest BCUT2D eigenvalue weighted by Gasteiger charge is -2.23. The van der Waals surface area contributed by atoms with E-state index in [1.54, 1.807) is 32.0 Å². The summed E-state index contributed by atoms with van der Waals surface area (Å²) < 4.78 is 18.7. The molecule has 4 nitrogen and oxygen atoms in total. The van der Waals surface area contributed by atoms with Crippen LogP contribution in [0.1, 0.15) is 25.0 Å². The molecule has 0 atom stereocenters. The molecule has 132 valence electrons. The van der Waals surface area contributed by atoms with E-state index in [-0.39, 0.29) is 41.1 Å². The molecule has 0 fully saturated rings. The van der Waals surface area contributed by atoms with E-state index in [1.165, 1.54) is 6.07 Å². The number of rotatable bonds is 7. The molecule has 0 amide bonds. The Bertz CT molecular complexity index is 512. The van der Waals surface area contributed by atoms with Crippen molar-refractivity contribution in [3.05, 3.63) is 35.1 Å². The number of aliphatic imine (C=N–C) groups is 1. The molecule has 0 aliphatic rings. The SMILES string of the molecule is CN=C(NCc1ccc(F)c(COC)c1)NCC(C)(C)SC.I. The summed E-state index contributed by atoms with van der Waals surface area (Å²) in [7, 11) is 3.30. The van der Waals surface area contributed by atoms with Crippen molar-refractivity contribution in [3.63, 3.8) is 0 Å². The van der Waals surface area contributed by atoms with Crippen LogP contribution in [0.3, 0.4) is 0 Å². The molecule has 0 aliphatic heterocycles. The first-order valence-electron chi connectivity index (χ1n) is 7.17. The van der Waals surface area contributed by atoms with E-state index in [0.717, 1.165) is 18.1 Å². The minimum Gasteiger partial charge on any atom is -0.380 e. The third-order valence-electron chi connectivity index (χ3n) is 3.33. The average molecular weight is 455 g/mol. The Labute approximate surface area is 160 Å².